The van der Waals surface area contributed by atoms with E-state index in [2.05, 4.69) is 17.3 Å². The third-order valence-corrected chi connectivity index (χ3v) is 4.57. The Morgan fingerprint density at radius 1 is 1.16 bits per heavy atom. The highest BCUT2D eigenvalue weighted by molar-refractivity contribution is 5.94. The number of nitrogens with one attached hydrogen (secondary N) is 1. The number of rotatable bonds is 3. The normalized spacial score (nSPS) is 15.2. The van der Waals surface area contributed by atoms with Crippen LogP contribution in [0.1, 0.15) is 42.7 Å². The number of benzene rings is 1. The lowest BCUT2D eigenvalue weighted by Crippen LogP contribution is -2.37. The Morgan fingerprint density at radius 3 is 2.40 bits per heavy atom. The number of anilines is 1. The average molecular weight is 340 g/mol. The maximum atomic E-state index is 12.6. The molecular weight excluding hydrogens is 316 g/mol. The van der Waals surface area contributed by atoms with Crippen LogP contribution < -0.4 is 5.32 Å². The number of nitrogens with zero attached hydrogens (tertiary/aromatic N) is 3. The smallest absolute Gasteiger partial charge is 0.253 e. The van der Waals surface area contributed by atoms with Gasteiger partial charge >= 0.3 is 0 Å². The molecule has 132 valence electrons. The van der Waals surface area contributed by atoms with E-state index in [-0.39, 0.29) is 11.8 Å². The number of piperidine rings is 1. The molecule has 1 aromatic heterocycles. The highest BCUT2D eigenvalue weighted by atomic mass is 16.2. The number of carbonyl (C=O) groups excluding carboxylic acids is 2. The number of hydrogen-bond acceptors (Lipinski definition) is 3. The van der Waals surface area contributed by atoms with E-state index in [1.165, 1.54) is 6.92 Å². The van der Waals surface area contributed by atoms with E-state index in [1.54, 1.807) is 4.68 Å². The molecule has 1 aromatic carbocycles. The van der Waals surface area contributed by atoms with Crippen LogP contribution in [0, 0.1) is 12.8 Å². The Balaban J connectivity index is 1.79. The van der Waals surface area contributed by atoms with Crippen LogP contribution >= 0.6 is 0 Å². The van der Waals surface area contributed by atoms with Crippen molar-refractivity contribution in [1.29, 1.82) is 0 Å². The first-order valence-corrected chi connectivity index (χ1v) is 8.68. The molecule has 3 rings (SSSR count). The lowest BCUT2D eigenvalue weighted by Gasteiger charge is -2.30. The molecule has 0 bridgehead atoms. The molecule has 0 radical (unpaired) electrons. The van der Waals surface area contributed by atoms with Gasteiger partial charge in [-0.15, -0.1) is 0 Å². The maximum absolute atomic E-state index is 12.6. The Labute approximate surface area is 147 Å². The highest BCUT2D eigenvalue weighted by Gasteiger charge is 2.21. The molecule has 2 aromatic rings. The van der Waals surface area contributed by atoms with Gasteiger partial charge in [0.1, 0.15) is 5.82 Å². The molecule has 1 saturated heterocycles. The SMILES string of the molecule is CC(=O)Nc1cc(C)nn1-c1ccc(C(=O)N2CCC(C)CC2)cc1. The minimum Gasteiger partial charge on any atom is -0.339 e. The van der Waals surface area contributed by atoms with Crippen LogP contribution in [-0.2, 0) is 4.79 Å². The molecule has 1 N–H and O–H groups in total. The van der Waals surface area contributed by atoms with E-state index in [1.807, 2.05) is 42.2 Å². The molecule has 0 saturated carbocycles. The Morgan fingerprint density at radius 2 is 1.80 bits per heavy atom. The highest BCUT2D eigenvalue weighted by Crippen LogP contribution is 2.21. The van der Waals surface area contributed by atoms with Gasteiger partial charge in [0.2, 0.25) is 5.91 Å². The summed E-state index contributed by atoms with van der Waals surface area (Å²) in [7, 11) is 0. The average Bonchev–Trinajstić information content (AvgIpc) is 2.94. The second kappa shape index (κ2) is 7.09. The van der Waals surface area contributed by atoms with Crippen LogP contribution in [0.3, 0.4) is 0 Å². The van der Waals surface area contributed by atoms with Crippen LogP contribution in [0.25, 0.3) is 5.69 Å². The fourth-order valence-electron chi connectivity index (χ4n) is 3.11. The molecule has 0 atom stereocenters. The molecule has 1 fully saturated rings. The molecule has 0 spiro atoms. The zero-order chi connectivity index (χ0) is 18.0. The number of aromatic nitrogens is 2. The van der Waals surface area contributed by atoms with Crippen molar-refractivity contribution in [2.45, 2.75) is 33.6 Å². The van der Waals surface area contributed by atoms with Gasteiger partial charge in [-0.2, -0.15) is 5.10 Å². The number of carbonyl (C=O) groups is 2. The Hall–Kier alpha value is -2.63. The summed E-state index contributed by atoms with van der Waals surface area (Å²) < 4.78 is 1.67. The van der Waals surface area contributed by atoms with Gasteiger partial charge in [-0.1, -0.05) is 6.92 Å². The molecule has 25 heavy (non-hydrogen) atoms. The Kier molecular flexibility index (Phi) is 4.88. The van der Waals surface area contributed by atoms with Gasteiger partial charge in [-0.3, -0.25) is 9.59 Å². The van der Waals surface area contributed by atoms with Gasteiger partial charge in [0.25, 0.3) is 5.91 Å². The van der Waals surface area contributed by atoms with Crippen LogP contribution in [0.2, 0.25) is 0 Å². The van der Waals surface area contributed by atoms with Gasteiger partial charge in [0.15, 0.2) is 0 Å². The van der Waals surface area contributed by atoms with E-state index >= 15 is 0 Å². The summed E-state index contributed by atoms with van der Waals surface area (Å²) in [6.07, 6.45) is 2.13. The van der Waals surface area contributed by atoms with Gasteiger partial charge in [0, 0.05) is 31.6 Å². The molecule has 1 aliphatic heterocycles. The molecule has 2 amide bonds. The van der Waals surface area contributed by atoms with Crippen molar-refractivity contribution in [3.8, 4) is 5.69 Å². The third kappa shape index (κ3) is 3.90. The topological polar surface area (TPSA) is 67.2 Å². The lowest BCUT2D eigenvalue weighted by atomic mass is 9.98. The number of hydrogen-bond donors (Lipinski definition) is 1. The van der Waals surface area contributed by atoms with Gasteiger partial charge in [-0.05, 0) is 49.9 Å². The number of aryl methyl sites for hydroxylation is 1. The molecular formula is C19H24N4O2. The predicted octanol–water partition coefficient (Wildman–Crippen LogP) is 3.01. The monoisotopic (exact) mass is 340 g/mol. The van der Waals surface area contributed by atoms with Gasteiger partial charge < -0.3 is 10.2 Å². The van der Waals surface area contributed by atoms with Crippen molar-refractivity contribution in [2.75, 3.05) is 18.4 Å². The second-order valence-electron chi connectivity index (χ2n) is 6.79. The fraction of sp³-hybridized carbons (Fsp3) is 0.421. The van der Waals surface area contributed by atoms with Crippen molar-refractivity contribution in [2.24, 2.45) is 5.92 Å². The molecule has 0 aliphatic carbocycles. The van der Waals surface area contributed by atoms with Crippen LogP contribution in [0.4, 0.5) is 5.82 Å². The van der Waals surface area contributed by atoms with Crippen molar-refractivity contribution < 1.29 is 9.59 Å². The summed E-state index contributed by atoms with van der Waals surface area (Å²) in [5, 5.41) is 7.19. The van der Waals surface area contributed by atoms with Crippen molar-refractivity contribution >= 4 is 17.6 Å². The molecule has 0 unspecified atom stereocenters. The summed E-state index contributed by atoms with van der Waals surface area (Å²) in [4.78, 5) is 25.9. The first-order chi connectivity index (χ1) is 11.9. The van der Waals surface area contributed by atoms with Gasteiger partial charge in [-0.25, -0.2) is 4.68 Å². The van der Waals surface area contributed by atoms with E-state index in [9.17, 15) is 9.59 Å². The van der Waals surface area contributed by atoms with E-state index in [4.69, 9.17) is 0 Å². The number of amides is 2. The second-order valence-corrected chi connectivity index (χ2v) is 6.79. The fourth-order valence-corrected chi connectivity index (χ4v) is 3.11. The third-order valence-electron chi connectivity index (χ3n) is 4.57. The minimum atomic E-state index is -0.146. The van der Waals surface area contributed by atoms with Crippen molar-refractivity contribution in [1.82, 2.24) is 14.7 Å². The minimum absolute atomic E-state index is 0.0807. The van der Waals surface area contributed by atoms with Crippen molar-refractivity contribution in [3.05, 3.63) is 41.6 Å². The lowest BCUT2D eigenvalue weighted by molar-refractivity contribution is -0.114. The standard InChI is InChI=1S/C19H24N4O2/c1-13-8-10-22(11-9-13)19(25)16-4-6-17(7-5-16)23-18(20-15(3)24)12-14(2)21-23/h4-7,12-13H,8-11H2,1-3H3,(H,20,24). The summed E-state index contributed by atoms with van der Waals surface area (Å²) in [5.74, 6) is 1.25. The zero-order valence-electron chi connectivity index (χ0n) is 15.0. The summed E-state index contributed by atoms with van der Waals surface area (Å²) in [6, 6.07) is 9.18. The summed E-state index contributed by atoms with van der Waals surface area (Å²) >= 11 is 0. The first-order valence-electron chi connectivity index (χ1n) is 8.68. The maximum Gasteiger partial charge on any atom is 0.253 e. The van der Waals surface area contributed by atoms with Crippen molar-refractivity contribution in [3.63, 3.8) is 0 Å². The van der Waals surface area contributed by atoms with Gasteiger partial charge in [0.05, 0.1) is 11.4 Å². The quantitative estimate of drug-likeness (QED) is 0.934. The van der Waals surface area contributed by atoms with E-state index in [0.29, 0.717) is 17.3 Å². The molecule has 2 heterocycles. The van der Waals surface area contributed by atoms with E-state index < -0.39 is 0 Å². The summed E-state index contributed by atoms with van der Waals surface area (Å²) in [5.41, 5.74) is 2.30. The van der Waals surface area contributed by atoms with Crippen LogP contribution in [0.15, 0.2) is 30.3 Å². The molecule has 1 aliphatic rings. The zero-order valence-corrected chi connectivity index (χ0v) is 15.0. The molecule has 6 heteroatoms. The summed E-state index contributed by atoms with van der Waals surface area (Å²) in [6.45, 7) is 7.22. The predicted molar refractivity (Wildman–Crippen MR) is 96.9 cm³/mol. The molecule has 6 nitrogen and oxygen atoms in total. The van der Waals surface area contributed by atoms with E-state index in [0.717, 1.165) is 37.3 Å². The van der Waals surface area contributed by atoms with Crippen LogP contribution in [0.5, 0.6) is 0 Å². The number of likely N-dealkylation sites (tertiary alicyclic amines) is 1. The first kappa shape index (κ1) is 17.2. The van der Waals surface area contributed by atoms with Crippen LogP contribution in [-0.4, -0.2) is 39.6 Å². The Bertz CT molecular complexity index is 771. The largest absolute Gasteiger partial charge is 0.339 e.